The Labute approximate surface area is 165 Å². The summed E-state index contributed by atoms with van der Waals surface area (Å²) >= 11 is 0. The summed E-state index contributed by atoms with van der Waals surface area (Å²) in [6, 6.07) is 5.00. The van der Waals surface area contributed by atoms with Crippen LogP contribution in [-0.2, 0) is 20.7 Å². The van der Waals surface area contributed by atoms with Gasteiger partial charge in [-0.3, -0.25) is 9.59 Å². The Balaban J connectivity index is 1.86. The predicted molar refractivity (Wildman–Crippen MR) is 105 cm³/mol. The molecule has 0 saturated heterocycles. The molecule has 0 aliphatic heterocycles. The second kappa shape index (κ2) is 8.17. The number of nitrogens with one attached hydrogen (secondary N) is 4. The van der Waals surface area contributed by atoms with Gasteiger partial charge < -0.3 is 25.3 Å². The van der Waals surface area contributed by atoms with Crippen molar-refractivity contribution in [2.75, 3.05) is 12.4 Å². The molecule has 2 aromatic heterocycles. The largest absolute Gasteiger partial charge is 0.464 e. The highest BCUT2D eigenvalue weighted by molar-refractivity contribution is 6.03. The molecule has 152 valence electrons. The highest BCUT2D eigenvalue weighted by atomic mass is 19.1. The summed E-state index contributed by atoms with van der Waals surface area (Å²) in [5.74, 6) is -1.88. The Morgan fingerprint density at radius 1 is 1.24 bits per heavy atom. The third-order valence-corrected chi connectivity index (χ3v) is 4.45. The normalized spacial score (nSPS) is 11.9. The molecule has 0 saturated carbocycles. The maximum Gasteiger partial charge on any atom is 0.356 e. The average Bonchev–Trinajstić information content (AvgIpc) is 3.22. The molecule has 0 radical (unpaired) electrons. The van der Waals surface area contributed by atoms with Crippen molar-refractivity contribution in [3.05, 3.63) is 53.2 Å². The molecule has 29 heavy (non-hydrogen) atoms. The van der Waals surface area contributed by atoms with Crippen molar-refractivity contribution in [3.8, 4) is 0 Å². The predicted octanol–water partition coefficient (Wildman–Crippen LogP) is 2.42. The van der Waals surface area contributed by atoms with Gasteiger partial charge in [0.25, 0.3) is 0 Å². The number of anilines is 1. The van der Waals surface area contributed by atoms with Gasteiger partial charge >= 0.3 is 5.97 Å². The molecule has 2 heterocycles. The Morgan fingerprint density at radius 2 is 2.00 bits per heavy atom. The molecule has 0 aliphatic carbocycles. The summed E-state index contributed by atoms with van der Waals surface area (Å²) in [6.07, 6.45) is 1.85. The van der Waals surface area contributed by atoms with E-state index in [1.54, 1.807) is 25.3 Å². The summed E-state index contributed by atoms with van der Waals surface area (Å²) in [6.45, 7) is 3.05. The number of aryl methyl sites for hydroxylation is 1. The van der Waals surface area contributed by atoms with Crippen LogP contribution in [0.3, 0.4) is 0 Å². The molecular weight excluding hydrogens is 379 g/mol. The summed E-state index contributed by atoms with van der Waals surface area (Å²) in [5, 5.41) is 6.04. The fraction of sp³-hybridized carbons (Fsp3) is 0.250. The number of hydrogen-bond acceptors (Lipinski definition) is 4. The number of aromatic nitrogens is 2. The Hall–Kier alpha value is -3.62. The molecule has 4 N–H and O–H groups in total. The number of carbonyl (C=O) groups is 3. The van der Waals surface area contributed by atoms with E-state index in [9.17, 15) is 18.8 Å². The molecule has 3 aromatic rings. The standard InChI is InChI=1S/C20H21FN4O4/c1-10-6-16(18(23-10)20(28)29-3)25-19(27)17(24-11(2)26)7-12-9-22-15-8-13(21)4-5-14(12)15/h4-6,8-9,17,22-23H,7H2,1-3H3,(H,24,26)(H,25,27). The van der Waals surface area contributed by atoms with Crippen molar-refractivity contribution in [3.63, 3.8) is 0 Å². The molecule has 8 nitrogen and oxygen atoms in total. The molecule has 1 aromatic carbocycles. The zero-order chi connectivity index (χ0) is 21.1. The van der Waals surface area contributed by atoms with Gasteiger partial charge in [0, 0.05) is 36.1 Å². The smallest absolute Gasteiger partial charge is 0.356 e. The number of esters is 1. The van der Waals surface area contributed by atoms with Gasteiger partial charge in [-0.15, -0.1) is 0 Å². The fourth-order valence-electron chi connectivity index (χ4n) is 3.17. The molecule has 3 rings (SSSR count). The fourth-order valence-corrected chi connectivity index (χ4v) is 3.17. The van der Waals surface area contributed by atoms with Crippen LogP contribution in [0.5, 0.6) is 0 Å². The molecule has 1 unspecified atom stereocenters. The molecular formula is C20H21FN4O4. The number of hydrogen-bond donors (Lipinski definition) is 4. The molecule has 0 spiro atoms. The lowest BCUT2D eigenvalue weighted by Crippen LogP contribution is -2.44. The number of H-pyrrole nitrogens is 2. The second-order valence-electron chi connectivity index (χ2n) is 6.68. The van der Waals surface area contributed by atoms with Gasteiger partial charge in [0.2, 0.25) is 11.8 Å². The Morgan fingerprint density at radius 3 is 2.69 bits per heavy atom. The van der Waals surface area contributed by atoms with Crippen molar-refractivity contribution in [1.29, 1.82) is 0 Å². The van der Waals surface area contributed by atoms with Crippen LogP contribution in [-0.4, -0.2) is 40.9 Å². The monoisotopic (exact) mass is 400 g/mol. The quantitative estimate of drug-likeness (QED) is 0.476. The highest BCUT2D eigenvalue weighted by Gasteiger charge is 2.24. The summed E-state index contributed by atoms with van der Waals surface area (Å²) in [7, 11) is 1.24. The van der Waals surface area contributed by atoms with Gasteiger partial charge in [-0.2, -0.15) is 0 Å². The van der Waals surface area contributed by atoms with Crippen LogP contribution < -0.4 is 10.6 Å². The summed E-state index contributed by atoms with van der Waals surface area (Å²) in [5.41, 5.74) is 2.37. The van der Waals surface area contributed by atoms with E-state index in [1.807, 2.05) is 0 Å². The van der Waals surface area contributed by atoms with Crippen LogP contribution in [0.1, 0.15) is 28.7 Å². The van der Waals surface area contributed by atoms with E-state index >= 15 is 0 Å². The van der Waals surface area contributed by atoms with Gasteiger partial charge in [0.1, 0.15) is 17.6 Å². The maximum atomic E-state index is 13.4. The van der Waals surface area contributed by atoms with Crippen LogP contribution in [0.15, 0.2) is 30.5 Å². The lowest BCUT2D eigenvalue weighted by atomic mass is 10.0. The molecule has 9 heteroatoms. The molecule has 0 fully saturated rings. The van der Waals surface area contributed by atoms with E-state index in [-0.39, 0.29) is 29.5 Å². The van der Waals surface area contributed by atoms with Crippen molar-refractivity contribution >= 4 is 34.4 Å². The third-order valence-electron chi connectivity index (χ3n) is 4.45. The summed E-state index contributed by atoms with van der Waals surface area (Å²) in [4.78, 5) is 42.2. The van der Waals surface area contributed by atoms with E-state index < -0.39 is 17.9 Å². The molecule has 2 amide bonds. The minimum absolute atomic E-state index is 0.113. The van der Waals surface area contributed by atoms with Crippen LogP contribution >= 0.6 is 0 Å². The molecule has 0 aliphatic rings. The van der Waals surface area contributed by atoms with E-state index in [4.69, 9.17) is 4.74 Å². The molecule has 0 bridgehead atoms. The van der Waals surface area contributed by atoms with E-state index in [0.717, 1.165) is 10.9 Å². The minimum Gasteiger partial charge on any atom is -0.464 e. The number of halogens is 1. The SMILES string of the molecule is COC(=O)c1[nH]c(C)cc1NC(=O)C(Cc1c[nH]c2cc(F)ccc12)NC(C)=O. The number of amides is 2. The van der Waals surface area contributed by atoms with Gasteiger partial charge in [0.05, 0.1) is 12.8 Å². The second-order valence-corrected chi connectivity index (χ2v) is 6.68. The van der Waals surface area contributed by atoms with Crippen molar-refractivity contribution in [2.45, 2.75) is 26.3 Å². The van der Waals surface area contributed by atoms with Crippen LogP contribution in [0.4, 0.5) is 10.1 Å². The molecule has 1 atom stereocenters. The van der Waals surface area contributed by atoms with Gasteiger partial charge in [0.15, 0.2) is 0 Å². The van der Waals surface area contributed by atoms with Crippen molar-refractivity contribution in [2.24, 2.45) is 0 Å². The first-order valence-corrected chi connectivity index (χ1v) is 8.90. The average molecular weight is 400 g/mol. The lowest BCUT2D eigenvalue weighted by Gasteiger charge is -2.17. The Bertz CT molecular complexity index is 1090. The zero-order valence-corrected chi connectivity index (χ0v) is 16.2. The van der Waals surface area contributed by atoms with Gasteiger partial charge in [-0.05, 0) is 36.8 Å². The topological polar surface area (TPSA) is 116 Å². The number of aromatic amines is 2. The lowest BCUT2D eigenvalue weighted by molar-refractivity contribution is -0.125. The van der Waals surface area contributed by atoms with Gasteiger partial charge in [-0.25, -0.2) is 9.18 Å². The number of carbonyl (C=O) groups excluding carboxylic acids is 3. The number of benzene rings is 1. The first-order chi connectivity index (χ1) is 13.8. The van der Waals surface area contributed by atoms with E-state index in [0.29, 0.717) is 11.2 Å². The van der Waals surface area contributed by atoms with Crippen molar-refractivity contribution in [1.82, 2.24) is 15.3 Å². The minimum atomic E-state index is -0.905. The first kappa shape index (κ1) is 20.1. The number of ether oxygens (including phenoxy) is 1. The number of fused-ring (bicyclic) bond motifs is 1. The number of rotatable bonds is 6. The Kier molecular flexibility index (Phi) is 5.67. The zero-order valence-electron chi connectivity index (χ0n) is 16.2. The van der Waals surface area contributed by atoms with E-state index in [2.05, 4.69) is 20.6 Å². The van der Waals surface area contributed by atoms with Crippen LogP contribution in [0.25, 0.3) is 10.9 Å². The third kappa shape index (κ3) is 4.45. The van der Waals surface area contributed by atoms with E-state index in [1.165, 1.54) is 26.2 Å². The van der Waals surface area contributed by atoms with Crippen molar-refractivity contribution < 1.29 is 23.5 Å². The highest BCUT2D eigenvalue weighted by Crippen LogP contribution is 2.22. The van der Waals surface area contributed by atoms with Crippen LogP contribution in [0.2, 0.25) is 0 Å². The first-order valence-electron chi connectivity index (χ1n) is 8.90. The number of methoxy groups -OCH3 is 1. The maximum absolute atomic E-state index is 13.4. The van der Waals surface area contributed by atoms with Crippen LogP contribution in [0, 0.1) is 12.7 Å². The van der Waals surface area contributed by atoms with Gasteiger partial charge in [-0.1, -0.05) is 0 Å². The summed E-state index contributed by atoms with van der Waals surface area (Å²) < 4.78 is 18.1.